The third kappa shape index (κ3) is 9.09. The standard InChI is InChI=1S/C34H39ClN6O7S/c1-18(2)22-14-23(28(43)15-27(22)42)33(45)36-17-31(44)38-21-11-12-29(48-19(3)4)26(13-21)40-34-37-16-24(35)32(41-34)39-25-9-7-8-10-30(25)49(46,47)20(5)6/h7-16,18-20,42-43H,17H2,1-6H3,(H,36,45)(H,38,44)(H2,37,39,40,41). The van der Waals surface area contributed by atoms with Gasteiger partial charge in [-0.1, -0.05) is 37.6 Å². The number of halogens is 1. The Morgan fingerprint density at radius 3 is 2.31 bits per heavy atom. The summed E-state index contributed by atoms with van der Waals surface area (Å²) in [6.45, 7) is 10.1. The summed E-state index contributed by atoms with van der Waals surface area (Å²) in [6, 6.07) is 13.8. The summed E-state index contributed by atoms with van der Waals surface area (Å²) in [6.07, 6.45) is 1.15. The average molecular weight is 711 g/mol. The number of anilines is 5. The average Bonchev–Trinajstić information content (AvgIpc) is 3.02. The summed E-state index contributed by atoms with van der Waals surface area (Å²) < 4.78 is 31.9. The van der Waals surface area contributed by atoms with Crippen LogP contribution in [0, 0.1) is 0 Å². The topological polar surface area (TPSA) is 192 Å². The van der Waals surface area contributed by atoms with E-state index in [0.717, 1.165) is 6.07 Å². The van der Waals surface area contributed by atoms with Gasteiger partial charge in [0.25, 0.3) is 5.91 Å². The van der Waals surface area contributed by atoms with Crippen molar-refractivity contribution in [2.45, 2.75) is 63.7 Å². The van der Waals surface area contributed by atoms with E-state index in [1.54, 1.807) is 50.2 Å². The molecule has 0 aliphatic heterocycles. The van der Waals surface area contributed by atoms with Crippen molar-refractivity contribution in [3.8, 4) is 17.2 Å². The highest BCUT2D eigenvalue weighted by Crippen LogP contribution is 2.34. The van der Waals surface area contributed by atoms with E-state index in [4.69, 9.17) is 16.3 Å². The number of sulfone groups is 1. The molecule has 1 aromatic heterocycles. The smallest absolute Gasteiger partial charge is 0.255 e. The Kier molecular flexibility index (Phi) is 11.6. The second-order valence-corrected chi connectivity index (χ2v) is 14.8. The van der Waals surface area contributed by atoms with Gasteiger partial charge in [0, 0.05) is 11.8 Å². The van der Waals surface area contributed by atoms with E-state index in [2.05, 4.69) is 31.2 Å². The molecule has 13 nitrogen and oxygen atoms in total. The van der Waals surface area contributed by atoms with Crippen molar-refractivity contribution in [1.82, 2.24) is 15.3 Å². The minimum atomic E-state index is -3.62. The molecule has 0 unspecified atom stereocenters. The number of phenolic OH excluding ortho intramolecular Hbond substituents is 2. The molecule has 6 N–H and O–H groups in total. The number of hydrogen-bond donors (Lipinski definition) is 6. The van der Waals surface area contributed by atoms with E-state index < -0.39 is 39.2 Å². The van der Waals surface area contributed by atoms with Gasteiger partial charge in [0.15, 0.2) is 15.7 Å². The number of aromatic hydroxyl groups is 2. The maximum absolute atomic E-state index is 13.0. The number of hydrogen-bond acceptors (Lipinski definition) is 11. The van der Waals surface area contributed by atoms with Crippen molar-refractivity contribution in [1.29, 1.82) is 0 Å². The third-order valence-corrected chi connectivity index (χ3v) is 9.59. The number of ether oxygens (including phenoxy) is 1. The quantitative estimate of drug-likeness (QED) is 0.0889. The van der Waals surface area contributed by atoms with Crippen molar-refractivity contribution in [3.63, 3.8) is 0 Å². The molecular weight excluding hydrogens is 672 g/mol. The Morgan fingerprint density at radius 2 is 1.63 bits per heavy atom. The summed E-state index contributed by atoms with van der Waals surface area (Å²) in [5.41, 5.74) is 1.45. The lowest BCUT2D eigenvalue weighted by Crippen LogP contribution is -2.33. The molecule has 1 heterocycles. The molecule has 0 aliphatic carbocycles. The maximum atomic E-state index is 13.0. The molecule has 0 fully saturated rings. The van der Waals surface area contributed by atoms with E-state index in [1.807, 2.05) is 27.7 Å². The number of carbonyl (C=O) groups is 2. The van der Waals surface area contributed by atoms with Gasteiger partial charge in [-0.2, -0.15) is 4.98 Å². The van der Waals surface area contributed by atoms with Crippen LogP contribution in [0.4, 0.5) is 28.8 Å². The van der Waals surface area contributed by atoms with Gasteiger partial charge in [-0.3, -0.25) is 9.59 Å². The molecule has 0 radical (unpaired) electrons. The molecule has 0 spiro atoms. The van der Waals surface area contributed by atoms with Crippen molar-refractivity contribution >= 4 is 62.1 Å². The number of para-hydroxylation sites is 1. The summed E-state index contributed by atoms with van der Waals surface area (Å²) in [5.74, 6) is -1.22. The van der Waals surface area contributed by atoms with Gasteiger partial charge in [0.2, 0.25) is 11.9 Å². The van der Waals surface area contributed by atoms with Crippen LogP contribution >= 0.6 is 11.6 Å². The molecule has 0 saturated carbocycles. The molecule has 0 atom stereocenters. The Labute approximate surface area is 290 Å². The van der Waals surface area contributed by atoms with Crippen LogP contribution in [0.2, 0.25) is 5.02 Å². The summed E-state index contributed by atoms with van der Waals surface area (Å²) in [5, 5.41) is 31.0. The van der Waals surface area contributed by atoms with Crippen LogP contribution in [0.15, 0.2) is 65.7 Å². The number of amides is 2. The van der Waals surface area contributed by atoms with Crippen LogP contribution in [0.3, 0.4) is 0 Å². The first-order valence-corrected chi connectivity index (χ1v) is 17.3. The minimum absolute atomic E-state index is 0.0715. The second-order valence-electron chi connectivity index (χ2n) is 11.9. The highest BCUT2D eigenvalue weighted by atomic mass is 35.5. The Morgan fingerprint density at radius 1 is 0.918 bits per heavy atom. The number of nitrogens with zero attached hydrogens (tertiary/aromatic N) is 2. The zero-order valence-electron chi connectivity index (χ0n) is 27.8. The van der Waals surface area contributed by atoms with E-state index >= 15 is 0 Å². The molecule has 0 aliphatic rings. The van der Waals surface area contributed by atoms with Crippen LogP contribution in [0.1, 0.15) is 63.4 Å². The van der Waals surface area contributed by atoms with Gasteiger partial charge in [0.1, 0.15) is 22.3 Å². The lowest BCUT2D eigenvalue weighted by molar-refractivity contribution is -0.115. The molecule has 4 aromatic rings. The molecule has 4 rings (SSSR count). The SMILES string of the molecule is CC(C)Oc1ccc(NC(=O)CNC(=O)c2cc(C(C)C)c(O)cc2O)cc1Nc1ncc(Cl)c(Nc2ccccc2S(=O)(=O)C(C)C)n1. The molecule has 15 heteroatoms. The van der Waals surface area contributed by atoms with Crippen LogP contribution < -0.4 is 26.0 Å². The fourth-order valence-electron chi connectivity index (χ4n) is 4.60. The molecule has 260 valence electrons. The molecule has 2 amide bonds. The highest BCUT2D eigenvalue weighted by Gasteiger charge is 2.23. The van der Waals surface area contributed by atoms with Gasteiger partial charge < -0.3 is 36.2 Å². The number of carbonyl (C=O) groups excluding carboxylic acids is 2. The summed E-state index contributed by atoms with van der Waals surface area (Å²) in [7, 11) is -3.62. The Balaban J connectivity index is 1.53. The first-order chi connectivity index (χ1) is 23.1. The Hall–Kier alpha value is -5.08. The predicted octanol–water partition coefficient (Wildman–Crippen LogP) is 6.49. The lowest BCUT2D eigenvalue weighted by atomic mass is 9.98. The fraction of sp³-hybridized carbons (Fsp3) is 0.294. The van der Waals surface area contributed by atoms with E-state index in [1.165, 1.54) is 18.3 Å². The maximum Gasteiger partial charge on any atom is 0.255 e. The summed E-state index contributed by atoms with van der Waals surface area (Å²) in [4.78, 5) is 34.4. The van der Waals surface area contributed by atoms with E-state index in [0.29, 0.717) is 28.4 Å². The van der Waals surface area contributed by atoms with Gasteiger partial charge in [-0.15, -0.1) is 0 Å². The predicted molar refractivity (Wildman–Crippen MR) is 189 cm³/mol. The van der Waals surface area contributed by atoms with Gasteiger partial charge in [-0.25, -0.2) is 13.4 Å². The zero-order valence-corrected chi connectivity index (χ0v) is 29.4. The lowest BCUT2D eigenvalue weighted by Gasteiger charge is -2.18. The number of nitrogens with one attached hydrogen (secondary N) is 4. The third-order valence-electron chi connectivity index (χ3n) is 7.10. The molecule has 49 heavy (non-hydrogen) atoms. The number of rotatable bonds is 13. The minimum Gasteiger partial charge on any atom is -0.508 e. The number of aromatic nitrogens is 2. The van der Waals surface area contributed by atoms with Crippen molar-refractivity contribution in [2.75, 3.05) is 22.5 Å². The van der Waals surface area contributed by atoms with E-state index in [9.17, 15) is 28.2 Å². The van der Waals surface area contributed by atoms with Crippen LogP contribution in [-0.4, -0.2) is 58.3 Å². The highest BCUT2D eigenvalue weighted by molar-refractivity contribution is 7.92. The molecule has 3 aromatic carbocycles. The van der Waals surface area contributed by atoms with Crippen LogP contribution in [0.5, 0.6) is 17.2 Å². The van der Waals surface area contributed by atoms with Gasteiger partial charge in [-0.05, 0) is 75.6 Å². The zero-order chi connectivity index (χ0) is 36.0. The van der Waals surface area contributed by atoms with E-state index in [-0.39, 0.29) is 45.0 Å². The second kappa shape index (κ2) is 15.4. The molecule has 0 bridgehead atoms. The van der Waals surface area contributed by atoms with Crippen molar-refractivity contribution in [2.24, 2.45) is 0 Å². The van der Waals surface area contributed by atoms with Gasteiger partial charge >= 0.3 is 0 Å². The first-order valence-electron chi connectivity index (χ1n) is 15.4. The normalized spacial score (nSPS) is 11.5. The summed E-state index contributed by atoms with van der Waals surface area (Å²) >= 11 is 6.40. The molecule has 0 saturated heterocycles. The fourth-order valence-corrected chi connectivity index (χ4v) is 5.94. The Bertz CT molecular complexity index is 1970. The largest absolute Gasteiger partial charge is 0.508 e. The molecular formula is C34H39ClN6O7S. The number of phenols is 2. The van der Waals surface area contributed by atoms with Crippen molar-refractivity contribution < 1.29 is 33.0 Å². The van der Waals surface area contributed by atoms with Crippen LogP contribution in [0.25, 0.3) is 0 Å². The first kappa shape index (κ1) is 36.8. The van der Waals surface area contributed by atoms with Crippen molar-refractivity contribution in [3.05, 3.63) is 76.9 Å². The van der Waals surface area contributed by atoms with Crippen LogP contribution in [-0.2, 0) is 14.6 Å². The van der Waals surface area contributed by atoms with Gasteiger partial charge in [0.05, 0.1) is 45.9 Å². The number of benzene rings is 3. The monoisotopic (exact) mass is 710 g/mol.